The standard InChI is InChI=1S/C14H17N3O3/c1-10-7-14(20-17-10)16-13(18)9-19-12-5-3-11(4-6-12)8-15-2/h3-7,15H,8-9H2,1-2H3,(H,16,18). The van der Waals surface area contributed by atoms with Gasteiger partial charge in [-0.25, -0.2) is 0 Å². The number of ether oxygens (including phenoxy) is 1. The van der Waals surface area contributed by atoms with Crippen LogP contribution in [0.25, 0.3) is 0 Å². The van der Waals surface area contributed by atoms with Crippen LogP contribution in [0, 0.1) is 6.92 Å². The molecule has 1 amide bonds. The molecule has 2 aromatic rings. The van der Waals surface area contributed by atoms with Crippen molar-refractivity contribution in [2.45, 2.75) is 13.5 Å². The normalized spacial score (nSPS) is 10.3. The Morgan fingerprint density at radius 1 is 1.35 bits per heavy atom. The van der Waals surface area contributed by atoms with Gasteiger partial charge in [0.15, 0.2) is 6.61 Å². The van der Waals surface area contributed by atoms with Gasteiger partial charge in [-0.05, 0) is 31.7 Å². The van der Waals surface area contributed by atoms with Crippen LogP contribution in [-0.4, -0.2) is 24.7 Å². The van der Waals surface area contributed by atoms with Gasteiger partial charge in [-0.15, -0.1) is 0 Å². The summed E-state index contributed by atoms with van der Waals surface area (Å²) in [6.07, 6.45) is 0. The predicted octanol–water partition coefficient (Wildman–Crippen LogP) is 1.72. The van der Waals surface area contributed by atoms with E-state index in [1.807, 2.05) is 31.3 Å². The molecule has 6 nitrogen and oxygen atoms in total. The summed E-state index contributed by atoms with van der Waals surface area (Å²) in [5, 5.41) is 9.30. The third-order valence-corrected chi connectivity index (χ3v) is 2.56. The number of carbonyl (C=O) groups is 1. The fourth-order valence-corrected chi connectivity index (χ4v) is 1.65. The minimum atomic E-state index is -0.291. The molecule has 0 radical (unpaired) electrons. The Morgan fingerprint density at radius 3 is 2.70 bits per heavy atom. The number of nitrogens with zero attached hydrogens (tertiary/aromatic N) is 1. The van der Waals surface area contributed by atoms with Crippen molar-refractivity contribution in [3.63, 3.8) is 0 Å². The maximum absolute atomic E-state index is 11.6. The van der Waals surface area contributed by atoms with Gasteiger partial charge in [-0.2, -0.15) is 0 Å². The average Bonchev–Trinajstić information content (AvgIpc) is 2.84. The van der Waals surface area contributed by atoms with Gasteiger partial charge in [0.25, 0.3) is 5.91 Å². The molecule has 0 bridgehead atoms. The quantitative estimate of drug-likeness (QED) is 0.839. The molecule has 0 saturated carbocycles. The highest BCUT2D eigenvalue weighted by atomic mass is 16.5. The molecule has 2 rings (SSSR count). The Bertz CT molecular complexity index is 563. The maximum atomic E-state index is 11.6. The zero-order valence-corrected chi connectivity index (χ0v) is 11.5. The molecule has 6 heteroatoms. The summed E-state index contributed by atoms with van der Waals surface area (Å²) < 4.78 is 10.3. The molecule has 0 fully saturated rings. The van der Waals surface area contributed by atoms with Crippen LogP contribution in [-0.2, 0) is 11.3 Å². The molecule has 0 saturated heterocycles. The van der Waals surface area contributed by atoms with E-state index in [2.05, 4.69) is 15.8 Å². The molecule has 0 spiro atoms. The number of carbonyl (C=O) groups excluding carboxylic acids is 1. The molecule has 2 N–H and O–H groups in total. The summed E-state index contributed by atoms with van der Waals surface area (Å²) in [5.41, 5.74) is 1.86. The first-order valence-electron chi connectivity index (χ1n) is 6.27. The fraction of sp³-hybridized carbons (Fsp3) is 0.286. The largest absolute Gasteiger partial charge is 0.484 e. The number of nitrogens with one attached hydrogen (secondary N) is 2. The second-order valence-corrected chi connectivity index (χ2v) is 4.34. The van der Waals surface area contributed by atoms with E-state index >= 15 is 0 Å². The Morgan fingerprint density at radius 2 is 2.10 bits per heavy atom. The zero-order valence-electron chi connectivity index (χ0n) is 11.5. The topological polar surface area (TPSA) is 76.4 Å². The molecular weight excluding hydrogens is 258 g/mol. The fourth-order valence-electron chi connectivity index (χ4n) is 1.65. The highest BCUT2D eigenvalue weighted by Gasteiger charge is 2.07. The summed E-state index contributed by atoms with van der Waals surface area (Å²) >= 11 is 0. The van der Waals surface area contributed by atoms with E-state index in [1.165, 1.54) is 0 Å². The second kappa shape index (κ2) is 6.72. The van der Waals surface area contributed by atoms with Crippen LogP contribution < -0.4 is 15.4 Å². The molecule has 1 aromatic carbocycles. The van der Waals surface area contributed by atoms with E-state index in [1.54, 1.807) is 13.0 Å². The van der Waals surface area contributed by atoms with E-state index < -0.39 is 0 Å². The summed E-state index contributed by atoms with van der Waals surface area (Å²) in [4.78, 5) is 11.6. The van der Waals surface area contributed by atoms with Crippen LogP contribution in [0.2, 0.25) is 0 Å². The predicted molar refractivity (Wildman–Crippen MR) is 74.6 cm³/mol. The van der Waals surface area contributed by atoms with Crippen LogP contribution in [0.5, 0.6) is 5.75 Å². The number of anilines is 1. The lowest BCUT2D eigenvalue weighted by Crippen LogP contribution is -2.19. The van der Waals surface area contributed by atoms with E-state index in [-0.39, 0.29) is 12.5 Å². The van der Waals surface area contributed by atoms with Gasteiger partial charge >= 0.3 is 0 Å². The summed E-state index contributed by atoms with van der Waals surface area (Å²) in [7, 11) is 1.89. The smallest absolute Gasteiger partial charge is 0.264 e. The number of rotatable bonds is 6. The Labute approximate surface area is 117 Å². The van der Waals surface area contributed by atoms with Gasteiger partial charge in [0.1, 0.15) is 5.75 Å². The lowest BCUT2D eigenvalue weighted by atomic mass is 10.2. The monoisotopic (exact) mass is 275 g/mol. The first kappa shape index (κ1) is 14.1. The zero-order chi connectivity index (χ0) is 14.4. The Balaban J connectivity index is 1.80. The molecule has 106 valence electrons. The number of aromatic nitrogens is 1. The van der Waals surface area contributed by atoms with E-state index in [0.29, 0.717) is 17.3 Å². The number of hydrogen-bond donors (Lipinski definition) is 2. The maximum Gasteiger partial charge on any atom is 0.264 e. The Kier molecular flexibility index (Phi) is 4.73. The van der Waals surface area contributed by atoms with Gasteiger partial charge < -0.3 is 14.6 Å². The van der Waals surface area contributed by atoms with Gasteiger partial charge in [0, 0.05) is 12.6 Å². The molecule has 0 unspecified atom stereocenters. The van der Waals surface area contributed by atoms with Crippen LogP contribution in [0.4, 0.5) is 5.88 Å². The molecule has 0 aliphatic rings. The van der Waals surface area contributed by atoms with Crippen LogP contribution in [0.15, 0.2) is 34.9 Å². The van der Waals surface area contributed by atoms with Gasteiger partial charge in [0.2, 0.25) is 5.88 Å². The van der Waals surface area contributed by atoms with Crippen molar-refractivity contribution in [1.29, 1.82) is 0 Å². The lowest BCUT2D eigenvalue weighted by molar-refractivity contribution is -0.118. The minimum absolute atomic E-state index is 0.0783. The van der Waals surface area contributed by atoms with Crippen molar-refractivity contribution in [1.82, 2.24) is 10.5 Å². The van der Waals surface area contributed by atoms with E-state index in [4.69, 9.17) is 9.26 Å². The van der Waals surface area contributed by atoms with E-state index in [0.717, 1.165) is 12.1 Å². The lowest BCUT2D eigenvalue weighted by Gasteiger charge is -2.06. The van der Waals surface area contributed by atoms with Crippen molar-refractivity contribution in [2.24, 2.45) is 0 Å². The average molecular weight is 275 g/mol. The van der Waals surface area contributed by atoms with Crippen LogP contribution in [0.1, 0.15) is 11.3 Å². The number of benzene rings is 1. The van der Waals surface area contributed by atoms with Crippen LogP contribution >= 0.6 is 0 Å². The van der Waals surface area contributed by atoms with Gasteiger partial charge in [-0.1, -0.05) is 17.3 Å². The molecular formula is C14H17N3O3. The molecule has 0 aliphatic carbocycles. The summed E-state index contributed by atoms with van der Waals surface area (Å²) in [5.74, 6) is 0.676. The van der Waals surface area contributed by atoms with Crippen molar-refractivity contribution in [3.05, 3.63) is 41.6 Å². The van der Waals surface area contributed by atoms with E-state index in [9.17, 15) is 4.79 Å². The molecule has 1 heterocycles. The SMILES string of the molecule is CNCc1ccc(OCC(=O)Nc2cc(C)no2)cc1. The summed E-state index contributed by atoms with van der Waals surface area (Å²) in [6.45, 7) is 2.50. The minimum Gasteiger partial charge on any atom is -0.484 e. The van der Waals surface area contributed by atoms with Crippen molar-refractivity contribution < 1.29 is 14.1 Å². The van der Waals surface area contributed by atoms with Crippen molar-refractivity contribution >= 4 is 11.8 Å². The highest BCUT2D eigenvalue weighted by molar-refractivity contribution is 5.90. The molecule has 20 heavy (non-hydrogen) atoms. The number of hydrogen-bond acceptors (Lipinski definition) is 5. The third-order valence-electron chi connectivity index (χ3n) is 2.56. The molecule has 0 atom stereocenters. The van der Waals surface area contributed by atoms with Gasteiger partial charge in [0.05, 0.1) is 5.69 Å². The number of amides is 1. The second-order valence-electron chi connectivity index (χ2n) is 4.34. The van der Waals surface area contributed by atoms with Gasteiger partial charge in [-0.3, -0.25) is 10.1 Å². The molecule has 0 aliphatic heterocycles. The third kappa shape index (κ3) is 4.10. The summed E-state index contributed by atoms with van der Waals surface area (Å²) in [6, 6.07) is 9.20. The first-order chi connectivity index (χ1) is 9.67. The Hall–Kier alpha value is -2.34. The van der Waals surface area contributed by atoms with Crippen molar-refractivity contribution in [3.8, 4) is 5.75 Å². The van der Waals surface area contributed by atoms with Crippen LogP contribution in [0.3, 0.4) is 0 Å². The number of aryl methyl sites for hydroxylation is 1. The molecule has 1 aromatic heterocycles. The first-order valence-corrected chi connectivity index (χ1v) is 6.27. The van der Waals surface area contributed by atoms with Crippen molar-refractivity contribution in [2.75, 3.05) is 19.0 Å². The highest BCUT2D eigenvalue weighted by Crippen LogP contribution is 2.12.